The van der Waals surface area contributed by atoms with Crippen molar-refractivity contribution in [3.8, 4) is 0 Å². The highest BCUT2D eigenvalue weighted by Gasteiger charge is 2.08. The minimum absolute atomic E-state index is 0.0286. The third kappa shape index (κ3) is 4.04. The Morgan fingerprint density at radius 3 is 2.72 bits per heavy atom. The molecule has 0 spiro atoms. The Hall–Kier alpha value is -1.55. The van der Waals surface area contributed by atoms with Crippen molar-refractivity contribution in [3.05, 3.63) is 23.8 Å². The maximum atomic E-state index is 11.6. The third-order valence-electron chi connectivity index (χ3n) is 2.40. The second-order valence-corrected chi connectivity index (χ2v) is 4.65. The highest BCUT2D eigenvalue weighted by atomic mass is 35.5. The molecule has 3 N–H and O–H groups in total. The van der Waals surface area contributed by atoms with Crippen LogP contribution in [-0.2, 0) is 4.79 Å². The summed E-state index contributed by atoms with van der Waals surface area (Å²) in [7, 11) is 0. The molecule has 4 nitrogen and oxygen atoms in total. The molecule has 98 valence electrons. The zero-order chi connectivity index (χ0) is 13.7. The Morgan fingerprint density at radius 2 is 2.17 bits per heavy atom. The van der Waals surface area contributed by atoms with Crippen LogP contribution >= 0.6 is 11.6 Å². The van der Waals surface area contributed by atoms with Gasteiger partial charge >= 0.3 is 0 Å². The van der Waals surface area contributed by atoms with E-state index in [1.807, 2.05) is 32.9 Å². The highest BCUT2D eigenvalue weighted by Crippen LogP contribution is 2.23. The van der Waals surface area contributed by atoms with Gasteiger partial charge in [-0.15, -0.1) is 11.6 Å². The van der Waals surface area contributed by atoms with Crippen molar-refractivity contribution in [2.24, 2.45) is 16.6 Å². The van der Waals surface area contributed by atoms with E-state index in [4.69, 9.17) is 17.3 Å². The van der Waals surface area contributed by atoms with E-state index in [0.29, 0.717) is 11.5 Å². The molecule has 0 saturated heterocycles. The van der Waals surface area contributed by atoms with Crippen molar-refractivity contribution >= 4 is 34.7 Å². The number of anilines is 1. The average molecular weight is 268 g/mol. The second-order valence-electron chi connectivity index (χ2n) is 4.38. The summed E-state index contributed by atoms with van der Waals surface area (Å²) < 4.78 is 0. The molecule has 0 bridgehead atoms. The lowest BCUT2D eigenvalue weighted by Crippen LogP contribution is -2.17. The fourth-order valence-corrected chi connectivity index (χ4v) is 1.34. The number of nitrogens with zero attached hydrogens (tertiary/aromatic N) is 1. The first-order valence-corrected chi connectivity index (χ1v) is 6.28. The molecule has 18 heavy (non-hydrogen) atoms. The highest BCUT2D eigenvalue weighted by molar-refractivity contribution is 6.28. The standard InChI is InChI=1S/C13H18ClN3O/c1-8(2)13(18)16-10-5-4-9(3)11(6-10)17-12(15)7-14/h4-6,8H,7H2,1-3H3,(H2,15,17)(H,16,18). The van der Waals surface area contributed by atoms with Crippen molar-refractivity contribution in [2.75, 3.05) is 11.2 Å². The van der Waals surface area contributed by atoms with Crippen LogP contribution in [0.25, 0.3) is 0 Å². The Kier molecular flexibility index (Phi) is 5.16. The first kappa shape index (κ1) is 14.5. The topological polar surface area (TPSA) is 67.5 Å². The van der Waals surface area contributed by atoms with E-state index in [9.17, 15) is 4.79 Å². The van der Waals surface area contributed by atoms with Crippen molar-refractivity contribution in [2.45, 2.75) is 20.8 Å². The maximum Gasteiger partial charge on any atom is 0.226 e. The van der Waals surface area contributed by atoms with Crippen LogP contribution in [0.3, 0.4) is 0 Å². The van der Waals surface area contributed by atoms with E-state index in [2.05, 4.69) is 10.3 Å². The quantitative estimate of drug-likeness (QED) is 0.500. The molecule has 0 atom stereocenters. The van der Waals surface area contributed by atoms with Crippen LogP contribution in [0.1, 0.15) is 19.4 Å². The van der Waals surface area contributed by atoms with Crippen LogP contribution in [0.2, 0.25) is 0 Å². The van der Waals surface area contributed by atoms with Crippen LogP contribution in [0.5, 0.6) is 0 Å². The first-order chi connectivity index (χ1) is 8.43. The first-order valence-electron chi connectivity index (χ1n) is 5.74. The molecule has 0 fully saturated rings. The van der Waals surface area contributed by atoms with Crippen molar-refractivity contribution in [1.82, 2.24) is 0 Å². The number of alkyl halides is 1. The Bertz CT molecular complexity index is 469. The van der Waals surface area contributed by atoms with E-state index in [1.165, 1.54) is 0 Å². The molecular weight excluding hydrogens is 250 g/mol. The fraction of sp³-hybridized carbons (Fsp3) is 0.385. The summed E-state index contributed by atoms with van der Waals surface area (Å²) in [6.45, 7) is 5.61. The van der Waals surface area contributed by atoms with E-state index in [-0.39, 0.29) is 17.7 Å². The van der Waals surface area contributed by atoms with Gasteiger partial charge in [-0.25, -0.2) is 4.99 Å². The number of nitrogens with one attached hydrogen (secondary N) is 1. The monoisotopic (exact) mass is 267 g/mol. The lowest BCUT2D eigenvalue weighted by Gasteiger charge is -2.09. The number of aliphatic imine (C=N–C) groups is 1. The SMILES string of the molecule is Cc1ccc(NC(=O)C(C)C)cc1N=C(N)CCl. The van der Waals surface area contributed by atoms with Crippen molar-refractivity contribution in [1.29, 1.82) is 0 Å². The molecule has 0 aliphatic carbocycles. The number of aryl methyl sites for hydroxylation is 1. The van der Waals surface area contributed by atoms with Gasteiger partial charge in [0, 0.05) is 11.6 Å². The molecule has 0 aliphatic heterocycles. The Labute approximate surface area is 112 Å². The van der Waals surface area contributed by atoms with E-state index < -0.39 is 0 Å². The molecule has 0 aromatic heterocycles. The summed E-state index contributed by atoms with van der Waals surface area (Å²) in [5.41, 5.74) is 8.01. The van der Waals surface area contributed by atoms with Crippen LogP contribution in [0.4, 0.5) is 11.4 Å². The van der Waals surface area contributed by atoms with Crippen LogP contribution < -0.4 is 11.1 Å². The molecule has 1 aromatic carbocycles. The number of benzene rings is 1. The second kappa shape index (κ2) is 6.40. The summed E-state index contributed by atoms with van der Waals surface area (Å²) in [4.78, 5) is 15.8. The minimum atomic E-state index is -0.0637. The number of nitrogens with two attached hydrogens (primary N) is 1. The summed E-state index contributed by atoms with van der Waals surface area (Å²) in [6.07, 6.45) is 0. The number of amidine groups is 1. The van der Waals surface area contributed by atoms with Crippen molar-refractivity contribution < 1.29 is 4.79 Å². The lowest BCUT2D eigenvalue weighted by atomic mass is 10.1. The Balaban J connectivity index is 2.97. The molecule has 0 heterocycles. The molecule has 1 rings (SSSR count). The predicted molar refractivity (Wildman–Crippen MR) is 76.6 cm³/mol. The maximum absolute atomic E-state index is 11.6. The van der Waals surface area contributed by atoms with Crippen LogP contribution in [0, 0.1) is 12.8 Å². The average Bonchev–Trinajstić information content (AvgIpc) is 2.33. The molecule has 1 aromatic rings. The van der Waals surface area contributed by atoms with Gasteiger partial charge in [0.05, 0.1) is 11.6 Å². The summed E-state index contributed by atoms with van der Waals surface area (Å²) in [6, 6.07) is 5.51. The van der Waals surface area contributed by atoms with Gasteiger partial charge in [0.1, 0.15) is 5.84 Å². The zero-order valence-corrected chi connectivity index (χ0v) is 11.6. The lowest BCUT2D eigenvalue weighted by molar-refractivity contribution is -0.118. The molecule has 0 saturated carbocycles. The molecule has 0 aliphatic rings. The largest absolute Gasteiger partial charge is 0.386 e. The van der Waals surface area contributed by atoms with Gasteiger partial charge in [0.25, 0.3) is 0 Å². The summed E-state index contributed by atoms with van der Waals surface area (Å²) in [5, 5.41) is 2.82. The molecule has 0 unspecified atom stereocenters. The normalized spacial score (nSPS) is 11.7. The number of hydrogen-bond acceptors (Lipinski definition) is 2. The summed E-state index contributed by atoms with van der Waals surface area (Å²) in [5.74, 6) is 0.444. The number of amides is 1. The molecule has 1 amide bonds. The van der Waals surface area contributed by atoms with Gasteiger partial charge < -0.3 is 11.1 Å². The smallest absolute Gasteiger partial charge is 0.226 e. The summed E-state index contributed by atoms with van der Waals surface area (Å²) >= 11 is 5.59. The number of hydrogen-bond donors (Lipinski definition) is 2. The molecule has 5 heteroatoms. The third-order valence-corrected chi connectivity index (χ3v) is 2.68. The molecular formula is C13H18ClN3O. The van der Waals surface area contributed by atoms with Gasteiger partial charge in [-0.2, -0.15) is 0 Å². The van der Waals surface area contributed by atoms with Crippen molar-refractivity contribution in [3.63, 3.8) is 0 Å². The van der Waals surface area contributed by atoms with Crippen LogP contribution in [0.15, 0.2) is 23.2 Å². The van der Waals surface area contributed by atoms with Gasteiger partial charge in [-0.05, 0) is 24.6 Å². The number of halogens is 1. The zero-order valence-electron chi connectivity index (χ0n) is 10.8. The van der Waals surface area contributed by atoms with Gasteiger partial charge in [0.2, 0.25) is 5.91 Å². The molecule has 0 radical (unpaired) electrons. The van der Waals surface area contributed by atoms with Crippen LogP contribution in [-0.4, -0.2) is 17.6 Å². The number of carbonyl (C=O) groups is 1. The van der Waals surface area contributed by atoms with E-state index in [1.54, 1.807) is 6.07 Å². The van der Waals surface area contributed by atoms with E-state index in [0.717, 1.165) is 11.3 Å². The number of carbonyl (C=O) groups excluding carboxylic acids is 1. The number of rotatable bonds is 4. The predicted octanol–water partition coefficient (Wildman–Crippen LogP) is 2.82. The van der Waals surface area contributed by atoms with Gasteiger partial charge in [-0.1, -0.05) is 19.9 Å². The van der Waals surface area contributed by atoms with Gasteiger partial charge in [-0.3, -0.25) is 4.79 Å². The minimum Gasteiger partial charge on any atom is -0.386 e. The Morgan fingerprint density at radius 1 is 1.50 bits per heavy atom. The van der Waals surface area contributed by atoms with Gasteiger partial charge in [0.15, 0.2) is 0 Å². The van der Waals surface area contributed by atoms with E-state index >= 15 is 0 Å². The fourth-order valence-electron chi connectivity index (χ4n) is 1.28.